The van der Waals surface area contributed by atoms with Gasteiger partial charge in [0, 0.05) is 0 Å². The first-order chi connectivity index (χ1) is 14.5. The lowest BCUT2D eigenvalue weighted by Crippen LogP contribution is -2.58. The van der Waals surface area contributed by atoms with E-state index in [2.05, 4.69) is 16.0 Å². The van der Waals surface area contributed by atoms with Crippen molar-refractivity contribution in [2.45, 2.75) is 57.8 Å². The summed E-state index contributed by atoms with van der Waals surface area (Å²) in [6.45, 7) is 4.28. The van der Waals surface area contributed by atoms with Crippen molar-refractivity contribution >= 4 is 23.7 Å². The maximum absolute atomic E-state index is 12.6. The number of aliphatic hydroxyl groups excluding tert-OH is 1. The molecule has 10 nitrogen and oxygen atoms in total. The highest BCUT2D eigenvalue weighted by Crippen LogP contribution is 2.07. The number of benzene rings is 1. The molecule has 0 saturated carbocycles. The van der Waals surface area contributed by atoms with Crippen LogP contribution in [-0.2, 0) is 25.6 Å². The molecule has 31 heavy (non-hydrogen) atoms. The van der Waals surface area contributed by atoms with Gasteiger partial charge in [-0.05, 0) is 31.2 Å². The monoisotopic (exact) mass is 436 g/mol. The summed E-state index contributed by atoms with van der Waals surface area (Å²) in [6.07, 6.45) is 0.488. The van der Waals surface area contributed by atoms with Gasteiger partial charge in [0.1, 0.15) is 18.1 Å². The third-order valence-corrected chi connectivity index (χ3v) is 4.52. The summed E-state index contributed by atoms with van der Waals surface area (Å²) < 4.78 is 0. The summed E-state index contributed by atoms with van der Waals surface area (Å²) in [4.78, 5) is 48.3. The largest absolute Gasteiger partial charge is 0.480 e. The topological polar surface area (TPSA) is 171 Å². The first kappa shape index (κ1) is 26.1. The highest BCUT2D eigenvalue weighted by atomic mass is 16.4. The van der Waals surface area contributed by atoms with Crippen LogP contribution >= 0.6 is 0 Å². The number of aliphatic carboxylic acids is 1. The Morgan fingerprint density at radius 2 is 1.45 bits per heavy atom. The molecular formula is C21H32N4O6. The van der Waals surface area contributed by atoms with Crippen molar-refractivity contribution in [3.8, 4) is 0 Å². The molecule has 1 rings (SSSR count). The van der Waals surface area contributed by atoms with Crippen molar-refractivity contribution in [3.05, 3.63) is 35.9 Å². The molecule has 0 bridgehead atoms. The van der Waals surface area contributed by atoms with E-state index in [0.29, 0.717) is 0 Å². The van der Waals surface area contributed by atoms with Gasteiger partial charge in [0.05, 0.1) is 12.6 Å². The minimum Gasteiger partial charge on any atom is -0.480 e. The second-order valence-electron chi connectivity index (χ2n) is 7.80. The summed E-state index contributed by atoms with van der Waals surface area (Å²) in [5.74, 6) is -3.26. The molecule has 0 aliphatic rings. The normalized spacial score (nSPS) is 14.8. The van der Waals surface area contributed by atoms with Gasteiger partial charge in [-0.3, -0.25) is 19.2 Å². The fourth-order valence-corrected chi connectivity index (χ4v) is 2.78. The summed E-state index contributed by atoms with van der Waals surface area (Å²) in [5, 5.41) is 25.7. The van der Waals surface area contributed by atoms with Crippen LogP contribution in [0.1, 0.15) is 32.8 Å². The molecule has 1 aromatic carbocycles. The molecule has 0 radical (unpaired) electrons. The summed E-state index contributed by atoms with van der Waals surface area (Å²) in [6, 6.07) is 4.69. The number of nitrogens with two attached hydrogens (primary N) is 1. The van der Waals surface area contributed by atoms with Gasteiger partial charge in [-0.25, -0.2) is 0 Å². The second kappa shape index (κ2) is 12.7. The van der Waals surface area contributed by atoms with Crippen molar-refractivity contribution in [1.29, 1.82) is 0 Å². The molecule has 0 saturated heterocycles. The molecule has 0 aromatic heterocycles. The average Bonchev–Trinajstić information content (AvgIpc) is 2.71. The quantitative estimate of drug-likeness (QED) is 0.248. The number of carbonyl (C=O) groups is 4. The Hall–Kier alpha value is -2.98. The van der Waals surface area contributed by atoms with Crippen LogP contribution in [0.15, 0.2) is 30.3 Å². The predicted molar refractivity (Wildman–Crippen MR) is 114 cm³/mol. The molecule has 4 atom stereocenters. The summed E-state index contributed by atoms with van der Waals surface area (Å²) in [7, 11) is 0. The van der Waals surface area contributed by atoms with Crippen LogP contribution in [0.3, 0.4) is 0 Å². The van der Waals surface area contributed by atoms with Crippen LogP contribution in [0.5, 0.6) is 0 Å². The Bertz CT molecular complexity index is 755. The number of amides is 3. The third kappa shape index (κ3) is 9.14. The van der Waals surface area contributed by atoms with Crippen LogP contribution in [-0.4, -0.2) is 64.7 Å². The molecule has 10 heteroatoms. The molecule has 1 aromatic rings. The lowest BCUT2D eigenvalue weighted by atomic mass is 10.0. The minimum atomic E-state index is -1.31. The molecular weight excluding hydrogens is 404 g/mol. The number of carboxylic acids is 1. The first-order valence-electron chi connectivity index (χ1n) is 10.1. The highest BCUT2D eigenvalue weighted by Gasteiger charge is 2.29. The van der Waals surface area contributed by atoms with Crippen molar-refractivity contribution in [2.24, 2.45) is 11.7 Å². The zero-order chi connectivity index (χ0) is 23.6. The van der Waals surface area contributed by atoms with Crippen LogP contribution < -0.4 is 21.7 Å². The number of hydrogen-bond acceptors (Lipinski definition) is 6. The number of carboxylic acid groups (broad SMARTS) is 1. The Kier molecular flexibility index (Phi) is 10.6. The lowest BCUT2D eigenvalue weighted by Gasteiger charge is -2.24. The fraction of sp³-hybridized carbons (Fsp3) is 0.524. The smallest absolute Gasteiger partial charge is 0.325 e. The predicted octanol–water partition coefficient (Wildman–Crippen LogP) is -0.846. The van der Waals surface area contributed by atoms with Gasteiger partial charge in [0.15, 0.2) is 0 Å². The zero-order valence-corrected chi connectivity index (χ0v) is 18.0. The van der Waals surface area contributed by atoms with E-state index < -0.39 is 54.5 Å². The van der Waals surface area contributed by atoms with E-state index >= 15 is 0 Å². The fourth-order valence-electron chi connectivity index (χ4n) is 2.78. The van der Waals surface area contributed by atoms with E-state index in [4.69, 9.17) is 10.8 Å². The van der Waals surface area contributed by atoms with Crippen LogP contribution in [0.25, 0.3) is 0 Å². The molecule has 0 heterocycles. The van der Waals surface area contributed by atoms with Crippen LogP contribution in [0, 0.1) is 5.92 Å². The number of nitrogens with one attached hydrogen (secondary N) is 3. The lowest BCUT2D eigenvalue weighted by molar-refractivity contribution is -0.142. The average molecular weight is 437 g/mol. The van der Waals surface area contributed by atoms with Crippen LogP contribution in [0.4, 0.5) is 0 Å². The van der Waals surface area contributed by atoms with Gasteiger partial charge in [-0.1, -0.05) is 44.2 Å². The summed E-state index contributed by atoms with van der Waals surface area (Å²) in [5.41, 5.74) is 6.75. The molecule has 0 spiro atoms. The molecule has 0 aliphatic carbocycles. The minimum absolute atomic E-state index is 0.0117. The Labute approximate surface area is 181 Å². The number of rotatable bonds is 12. The van der Waals surface area contributed by atoms with Gasteiger partial charge >= 0.3 is 5.97 Å². The number of carbonyl (C=O) groups excluding carboxylic acids is 3. The van der Waals surface area contributed by atoms with Gasteiger partial charge in [0.25, 0.3) is 0 Å². The Morgan fingerprint density at radius 1 is 0.903 bits per heavy atom. The maximum atomic E-state index is 12.6. The van der Waals surface area contributed by atoms with Crippen molar-refractivity contribution in [2.75, 3.05) is 6.61 Å². The second-order valence-corrected chi connectivity index (χ2v) is 7.80. The molecule has 3 amide bonds. The molecule has 172 valence electrons. The van der Waals surface area contributed by atoms with Crippen molar-refractivity contribution < 1.29 is 29.4 Å². The standard InChI is InChI=1S/C21H32N4O6/c1-12(2)9-16(19(28)23-13(3)21(30)31)24-20(29)17(11-26)25-18(27)15(22)10-14-7-5-4-6-8-14/h4-8,12-13,15-17,26H,9-11,22H2,1-3H3,(H,23,28)(H,24,29)(H,25,27)(H,30,31). The van der Waals surface area contributed by atoms with Gasteiger partial charge < -0.3 is 31.9 Å². The highest BCUT2D eigenvalue weighted by molar-refractivity contribution is 5.94. The van der Waals surface area contributed by atoms with Crippen LogP contribution in [0.2, 0.25) is 0 Å². The van der Waals surface area contributed by atoms with E-state index in [1.54, 1.807) is 0 Å². The molecule has 7 N–H and O–H groups in total. The van der Waals surface area contributed by atoms with E-state index in [9.17, 15) is 24.3 Å². The molecule has 4 unspecified atom stereocenters. The Balaban J connectivity index is 2.76. The van der Waals surface area contributed by atoms with Gasteiger partial charge in [0.2, 0.25) is 17.7 Å². The van der Waals surface area contributed by atoms with E-state index in [1.807, 2.05) is 44.2 Å². The number of aliphatic hydroxyl groups is 1. The number of hydrogen-bond donors (Lipinski definition) is 6. The van der Waals surface area contributed by atoms with E-state index in [-0.39, 0.29) is 18.8 Å². The zero-order valence-electron chi connectivity index (χ0n) is 18.0. The van der Waals surface area contributed by atoms with E-state index in [1.165, 1.54) is 6.92 Å². The van der Waals surface area contributed by atoms with Gasteiger partial charge in [-0.2, -0.15) is 0 Å². The molecule has 0 aliphatic heterocycles. The third-order valence-electron chi connectivity index (χ3n) is 4.52. The molecule has 0 fully saturated rings. The first-order valence-corrected chi connectivity index (χ1v) is 10.1. The maximum Gasteiger partial charge on any atom is 0.325 e. The van der Waals surface area contributed by atoms with Gasteiger partial charge in [-0.15, -0.1) is 0 Å². The summed E-state index contributed by atoms with van der Waals surface area (Å²) >= 11 is 0. The Morgan fingerprint density at radius 3 is 1.97 bits per heavy atom. The van der Waals surface area contributed by atoms with Crippen molar-refractivity contribution in [1.82, 2.24) is 16.0 Å². The van der Waals surface area contributed by atoms with Crippen molar-refractivity contribution in [3.63, 3.8) is 0 Å². The van der Waals surface area contributed by atoms with E-state index in [0.717, 1.165) is 5.56 Å². The SMILES string of the molecule is CC(C)CC(NC(=O)C(CO)NC(=O)C(N)Cc1ccccc1)C(=O)NC(C)C(=O)O.